The van der Waals surface area contributed by atoms with Gasteiger partial charge in [0.05, 0.1) is 0 Å². The van der Waals surface area contributed by atoms with Crippen molar-refractivity contribution in [1.29, 1.82) is 0 Å². The maximum absolute atomic E-state index is 5.65. The van der Waals surface area contributed by atoms with Crippen LogP contribution < -0.4 is 4.90 Å². The molecule has 0 unspecified atom stereocenters. The second-order valence-corrected chi connectivity index (χ2v) is 4.51. The Morgan fingerprint density at radius 3 is 2.11 bits per heavy atom. The van der Waals surface area contributed by atoms with Crippen LogP contribution in [0, 0.1) is 0 Å². The average Bonchev–Trinajstić information content (AvgIpc) is 2.46. The minimum absolute atomic E-state index is 0.531. The molecule has 0 N–H and O–H groups in total. The molecule has 19 heavy (non-hydrogen) atoms. The molecule has 1 aromatic heterocycles. The molecule has 0 radical (unpaired) electrons. The van der Waals surface area contributed by atoms with Crippen LogP contribution in [-0.2, 0) is 9.47 Å². The first-order valence-corrected chi connectivity index (χ1v) is 7.20. The number of anilines is 1. The number of pyridine rings is 1. The van der Waals surface area contributed by atoms with E-state index in [1.165, 1.54) is 0 Å². The molecular formula is C15H26N2O2. The lowest BCUT2D eigenvalue weighted by Gasteiger charge is -2.23. The topological polar surface area (TPSA) is 34.6 Å². The summed E-state index contributed by atoms with van der Waals surface area (Å²) in [5, 5.41) is 0. The molecule has 1 rings (SSSR count). The van der Waals surface area contributed by atoms with E-state index in [4.69, 9.17) is 9.47 Å². The quantitative estimate of drug-likeness (QED) is 0.454. The van der Waals surface area contributed by atoms with Crippen LogP contribution in [0.3, 0.4) is 0 Å². The SMILES string of the molecule is CCCCOCN(COCCCC)c1ccccn1. The molecule has 4 heteroatoms. The highest BCUT2D eigenvalue weighted by Crippen LogP contribution is 2.09. The van der Waals surface area contributed by atoms with Crippen molar-refractivity contribution in [3.63, 3.8) is 0 Å². The molecule has 0 bridgehead atoms. The van der Waals surface area contributed by atoms with E-state index in [0.717, 1.165) is 44.7 Å². The van der Waals surface area contributed by atoms with Crippen molar-refractivity contribution in [2.45, 2.75) is 39.5 Å². The van der Waals surface area contributed by atoms with E-state index in [-0.39, 0.29) is 0 Å². The van der Waals surface area contributed by atoms with Crippen LogP contribution in [0.2, 0.25) is 0 Å². The summed E-state index contributed by atoms with van der Waals surface area (Å²) >= 11 is 0. The van der Waals surface area contributed by atoms with Crippen molar-refractivity contribution >= 4 is 5.82 Å². The van der Waals surface area contributed by atoms with E-state index >= 15 is 0 Å². The van der Waals surface area contributed by atoms with Gasteiger partial charge in [0.15, 0.2) is 0 Å². The summed E-state index contributed by atoms with van der Waals surface area (Å²) in [6, 6.07) is 5.87. The molecule has 0 saturated carbocycles. The molecule has 0 spiro atoms. The van der Waals surface area contributed by atoms with Gasteiger partial charge in [0, 0.05) is 19.4 Å². The van der Waals surface area contributed by atoms with Gasteiger partial charge in [-0.05, 0) is 25.0 Å². The van der Waals surface area contributed by atoms with Crippen LogP contribution in [0.5, 0.6) is 0 Å². The van der Waals surface area contributed by atoms with Crippen LogP contribution in [-0.4, -0.2) is 31.7 Å². The number of hydrogen-bond acceptors (Lipinski definition) is 4. The van der Waals surface area contributed by atoms with E-state index in [2.05, 4.69) is 18.8 Å². The summed E-state index contributed by atoms with van der Waals surface area (Å²) in [6.45, 7) is 6.96. The molecule has 0 aliphatic heterocycles. The van der Waals surface area contributed by atoms with Crippen molar-refractivity contribution in [3.05, 3.63) is 24.4 Å². The summed E-state index contributed by atoms with van der Waals surface area (Å²) in [5.74, 6) is 0.899. The molecule has 1 heterocycles. The van der Waals surface area contributed by atoms with Crippen molar-refractivity contribution in [3.8, 4) is 0 Å². The summed E-state index contributed by atoms with van der Waals surface area (Å²) in [4.78, 5) is 6.36. The molecule has 4 nitrogen and oxygen atoms in total. The first kappa shape index (κ1) is 15.9. The molecule has 1 aromatic rings. The number of hydrogen-bond donors (Lipinski definition) is 0. The molecule has 0 amide bonds. The fourth-order valence-electron chi connectivity index (χ4n) is 1.55. The Kier molecular flexibility index (Phi) is 9.02. The summed E-state index contributed by atoms with van der Waals surface area (Å²) in [5.41, 5.74) is 0. The standard InChI is InChI=1S/C15H26N2O2/c1-3-5-11-18-13-17(14-19-12-6-4-2)15-9-7-8-10-16-15/h7-10H,3-6,11-14H2,1-2H3. The first-order valence-electron chi connectivity index (χ1n) is 7.20. The zero-order valence-corrected chi connectivity index (χ0v) is 12.2. The van der Waals surface area contributed by atoms with Gasteiger partial charge in [-0.1, -0.05) is 32.8 Å². The van der Waals surface area contributed by atoms with Crippen LogP contribution in [0.15, 0.2) is 24.4 Å². The molecule has 0 aliphatic rings. The van der Waals surface area contributed by atoms with Crippen molar-refractivity contribution in [2.24, 2.45) is 0 Å². The predicted octanol–water partition coefficient (Wildman–Crippen LogP) is 3.44. The summed E-state index contributed by atoms with van der Waals surface area (Å²) in [7, 11) is 0. The maximum atomic E-state index is 5.65. The third-order valence-corrected chi connectivity index (χ3v) is 2.75. The molecule has 0 aromatic carbocycles. The third kappa shape index (κ3) is 7.13. The van der Waals surface area contributed by atoms with Crippen LogP contribution in [0.4, 0.5) is 5.82 Å². The zero-order chi connectivity index (χ0) is 13.8. The van der Waals surface area contributed by atoms with Crippen molar-refractivity contribution in [1.82, 2.24) is 4.98 Å². The number of nitrogens with zero attached hydrogens (tertiary/aromatic N) is 2. The number of unbranched alkanes of at least 4 members (excludes halogenated alkanes) is 2. The minimum atomic E-state index is 0.531. The second-order valence-electron chi connectivity index (χ2n) is 4.51. The Labute approximate surface area is 116 Å². The summed E-state index contributed by atoms with van der Waals surface area (Å²) < 4.78 is 11.3. The average molecular weight is 266 g/mol. The van der Waals surface area contributed by atoms with Gasteiger partial charge < -0.3 is 14.4 Å². The number of aromatic nitrogens is 1. The lowest BCUT2D eigenvalue weighted by molar-refractivity contribution is 0.0818. The first-order chi connectivity index (χ1) is 9.38. The van der Waals surface area contributed by atoms with Gasteiger partial charge in [-0.15, -0.1) is 0 Å². The highest BCUT2D eigenvalue weighted by Gasteiger charge is 2.07. The lowest BCUT2D eigenvalue weighted by atomic mass is 10.4. The van der Waals surface area contributed by atoms with Crippen LogP contribution >= 0.6 is 0 Å². The van der Waals surface area contributed by atoms with Gasteiger partial charge in [0.2, 0.25) is 0 Å². The van der Waals surface area contributed by atoms with Crippen LogP contribution in [0.1, 0.15) is 39.5 Å². The Morgan fingerprint density at radius 2 is 1.63 bits per heavy atom. The highest BCUT2D eigenvalue weighted by atomic mass is 16.5. The van der Waals surface area contributed by atoms with E-state index < -0.39 is 0 Å². The Hall–Kier alpha value is -1.13. The van der Waals surface area contributed by atoms with Gasteiger partial charge in [0.25, 0.3) is 0 Å². The molecule has 0 saturated heterocycles. The molecular weight excluding hydrogens is 240 g/mol. The van der Waals surface area contributed by atoms with E-state index in [9.17, 15) is 0 Å². The molecule has 0 aliphatic carbocycles. The van der Waals surface area contributed by atoms with Crippen LogP contribution in [0.25, 0.3) is 0 Å². The van der Waals surface area contributed by atoms with E-state index in [0.29, 0.717) is 13.5 Å². The van der Waals surface area contributed by atoms with E-state index in [1.807, 2.05) is 23.1 Å². The normalized spacial score (nSPS) is 10.6. The summed E-state index contributed by atoms with van der Waals surface area (Å²) in [6.07, 6.45) is 6.27. The fraction of sp³-hybridized carbons (Fsp3) is 0.667. The Balaban J connectivity index is 2.39. The highest BCUT2D eigenvalue weighted by molar-refractivity contribution is 5.36. The predicted molar refractivity (Wildman–Crippen MR) is 78.2 cm³/mol. The second kappa shape index (κ2) is 10.8. The third-order valence-electron chi connectivity index (χ3n) is 2.75. The Morgan fingerprint density at radius 1 is 1.00 bits per heavy atom. The van der Waals surface area contributed by atoms with Gasteiger partial charge in [-0.3, -0.25) is 0 Å². The molecule has 0 fully saturated rings. The van der Waals surface area contributed by atoms with Gasteiger partial charge in [0.1, 0.15) is 19.3 Å². The smallest absolute Gasteiger partial charge is 0.132 e. The number of ether oxygens (including phenoxy) is 2. The maximum Gasteiger partial charge on any atom is 0.132 e. The van der Waals surface area contributed by atoms with Gasteiger partial charge in [-0.2, -0.15) is 0 Å². The monoisotopic (exact) mass is 266 g/mol. The van der Waals surface area contributed by atoms with Gasteiger partial charge in [-0.25, -0.2) is 4.98 Å². The minimum Gasteiger partial charge on any atom is -0.361 e. The largest absolute Gasteiger partial charge is 0.361 e. The number of rotatable bonds is 11. The molecule has 108 valence electrons. The lowest BCUT2D eigenvalue weighted by Crippen LogP contribution is -2.30. The molecule has 0 atom stereocenters. The zero-order valence-electron chi connectivity index (χ0n) is 12.2. The van der Waals surface area contributed by atoms with E-state index in [1.54, 1.807) is 6.20 Å². The van der Waals surface area contributed by atoms with Crippen molar-refractivity contribution in [2.75, 3.05) is 31.6 Å². The van der Waals surface area contributed by atoms with Crippen molar-refractivity contribution < 1.29 is 9.47 Å². The van der Waals surface area contributed by atoms with Gasteiger partial charge >= 0.3 is 0 Å². The fourth-order valence-corrected chi connectivity index (χ4v) is 1.55. The Bertz CT molecular complexity index is 294.